The molecule has 2 atom stereocenters. The fraction of sp³-hybridized carbons (Fsp3) is 0.360. The average Bonchev–Trinajstić information content (AvgIpc) is 3.55. The van der Waals surface area contributed by atoms with Crippen LogP contribution in [0.25, 0.3) is 10.9 Å². The summed E-state index contributed by atoms with van der Waals surface area (Å²) >= 11 is 0. The van der Waals surface area contributed by atoms with Crippen molar-refractivity contribution in [3.05, 3.63) is 53.9 Å². The summed E-state index contributed by atoms with van der Waals surface area (Å²) in [5, 5.41) is 12.2. The summed E-state index contributed by atoms with van der Waals surface area (Å²) in [5.74, 6) is 5.65. The van der Waals surface area contributed by atoms with E-state index >= 15 is 0 Å². The Morgan fingerprint density at radius 1 is 1.42 bits per heavy atom. The lowest BCUT2D eigenvalue weighted by Gasteiger charge is -2.27. The Kier molecular flexibility index (Phi) is 7.01. The number of ether oxygens (including phenoxy) is 1. The molecule has 1 saturated heterocycles. The van der Waals surface area contributed by atoms with Crippen LogP contribution < -0.4 is 11.1 Å². The van der Waals surface area contributed by atoms with Crippen molar-refractivity contribution < 1.29 is 14.3 Å². The molecule has 3 heterocycles. The van der Waals surface area contributed by atoms with Gasteiger partial charge in [-0.25, -0.2) is 4.68 Å². The number of likely N-dealkylation sites (tertiary alicyclic amines) is 1. The molecule has 0 spiro atoms. The number of nitrogens with two attached hydrogens (primary N) is 1. The molecule has 1 aliphatic rings. The van der Waals surface area contributed by atoms with Gasteiger partial charge in [-0.1, -0.05) is 12.5 Å². The van der Waals surface area contributed by atoms with Gasteiger partial charge >= 0.3 is 0 Å². The van der Waals surface area contributed by atoms with Crippen molar-refractivity contribution in [1.29, 1.82) is 0 Å². The van der Waals surface area contributed by atoms with E-state index in [4.69, 9.17) is 10.5 Å². The topological polar surface area (TPSA) is 120 Å². The van der Waals surface area contributed by atoms with E-state index in [1.807, 2.05) is 29.8 Å². The highest BCUT2D eigenvalue weighted by molar-refractivity contribution is 6.15. The van der Waals surface area contributed by atoms with Gasteiger partial charge in [-0.3, -0.25) is 14.3 Å². The van der Waals surface area contributed by atoms with Gasteiger partial charge in [-0.2, -0.15) is 10.2 Å². The molecular formula is C25H28N7O3Si. The van der Waals surface area contributed by atoms with Gasteiger partial charge in [0.05, 0.1) is 39.8 Å². The Morgan fingerprint density at radius 2 is 2.19 bits per heavy atom. The van der Waals surface area contributed by atoms with Crippen LogP contribution in [0.5, 0.6) is 0 Å². The number of carbonyl (C=O) groups excluding carboxylic acids is 2. The molecule has 1 aliphatic heterocycles. The minimum absolute atomic E-state index is 0.180. The lowest BCUT2D eigenvalue weighted by molar-refractivity contribution is -0.127. The third-order valence-corrected chi connectivity index (χ3v) is 6.88. The summed E-state index contributed by atoms with van der Waals surface area (Å²) in [5.41, 5.74) is 7.95. The van der Waals surface area contributed by atoms with Gasteiger partial charge in [0.15, 0.2) is 5.69 Å². The van der Waals surface area contributed by atoms with Crippen LogP contribution in [0.3, 0.4) is 0 Å². The molecular weight excluding hydrogens is 474 g/mol. The molecule has 2 aromatic heterocycles. The molecule has 0 bridgehead atoms. The quantitative estimate of drug-likeness (QED) is 0.283. The molecule has 3 N–H and O–H groups in total. The number of primary amides is 1. The van der Waals surface area contributed by atoms with E-state index in [9.17, 15) is 9.59 Å². The Bertz CT molecular complexity index is 1400. The number of carbonyl (C=O) groups is 2. The van der Waals surface area contributed by atoms with E-state index < -0.39 is 11.1 Å². The molecule has 10 nitrogen and oxygen atoms in total. The molecule has 36 heavy (non-hydrogen) atoms. The summed E-state index contributed by atoms with van der Waals surface area (Å²) < 4.78 is 8.88. The van der Waals surface area contributed by atoms with Crippen LogP contribution in [0.1, 0.15) is 35.0 Å². The Hall–Kier alpha value is -3.88. The predicted molar refractivity (Wildman–Crippen MR) is 138 cm³/mol. The summed E-state index contributed by atoms with van der Waals surface area (Å²) in [7, 11) is 7.12. The number of hydrogen-bond donors (Lipinski definition) is 2. The Balaban J connectivity index is 1.76. The van der Waals surface area contributed by atoms with Crippen molar-refractivity contribution in [1.82, 2.24) is 24.5 Å². The minimum atomic E-state index is -0.821. The van der Waals surface area contributed by atoms with E-state index in [0.29, 0.717) is 18.8 Å². The standard InChI is InChI=1S/C25H28N7O3Si/c1-5-21(33)30-15-25(36,12-18(30)14-35-4)32-24(27-3)22(23(26)34)19(29-32)9-7-16-8-10-20-17(11-16)13-28-31(20)6-2/h5,8,10-11,13,18,27H,1,6,12,14-15H2,2-4H3,(H2,26,34)/t18-,25-/m1/s1. The maximum atomic E-state index is 12.5. The molecule has 185 valence electrons. The summed E-state index contributed by atoms with van der Waals surface area (Å²) in [6, 6.07) is 5.60. The van der Waals surface area contributed by atoms with E-state index in [-0.39, 0.29) is 29.8 Å². The van der Waals surface area contributed by atoms with Gasteiger partial charge in [-0.15, -0.1) is 0 Å². The molecule has 1 aromatic carbocycles. The van der Waals surface area contributed by atoms with Crippen LogP contribution in [0, 0.1) is 11.8 Å². The first-order valence-electron chi connectivity index (χ1n) is 11.5. The molecule has 1 fully saturated rings. The average molecular weight is 503 g/mol. The van der Waals surface area contributed by atoms with Crippen LogP contribution in [-0.4, -0.2) is 79.9 Å². The van der Waals surface area contributed by atoms with Gasteiger partial charge in [0.1, 0.15) is 11.4 Å². The van der Waals surface area contributed by atoms with Gasteiger partial charge in [0, 0.05) is 38.2 Å². The zero-order valence-corrected chi connectivity index (χ0v) is 21.5. The van der Waals surface area contributed by atoms with Crippen LogP contribution >= 0.6 is 0 Å². The maximum Gasteiger partial charge on any atom is 0.255 e. The van der Waals surface area contributed by atoms with Crippen molar-refractivity contribution >= 4 is 38.8 Å². The van der Waals surface area contributed by atoms with Crippen molar-refractivity contribution in [3.63, 3.8) is 0 Å². The van der Waals surface area contributed by atoms with Crippen molar-refractivity contribution in [2.75, 3.05) is 32.6 Å². The highest BCUT2D eigenvalue weighted by Gasteiger charge is 2.46. The van der Waals surface area contributed by atoms with Crippen LogP contribution in [0.15, 0.2) is 37.1 Å². The third kappa shape index (κ3) is 4.41. The number of benzene rings is 1. The first-order chi connectivity index (χ1) is 17.3. The highest BCUT2D eigenvalue weighted by atomic mass is 28.1. The second kappa shape index (κ2) is 10.0. The second-order valence-electron chi connectivity index (χ2n) is 8.60. The van der Waals surface area contributed by atoms with Crippen molar-refractivity contribution in [2.45, 2.75) is 31.1 Å². The van der Waals surface area contributed by atoms with Crippen LogP contribution in [0.2, 0.25) is 0 Å². The lowest BCUT2D eigenvalue weighted by Crippen LogP contribution is -2.41. The number of aryl methyl sites for hydroxylation is 1. The zero-order valence-electron chi connectivity index (χ0n) is 20.5. The number of anilines is 1. The summed E-state index contributed by atoms with van der Waals surface area (Å²) in [6.45, 7) is 7.04. The molecule has 3 radical (unpaired) electrons. The number of nitrogens with zero attached hydrogens (tertiary/aromatic N) is 5. The van der Waals surface area contributed by atoms with E-state index in [1.165, 1.54) is 6.08 Å². The van der Waals surface area contributed by atoms with Gasteiger partial charge in [0.25, 0.3) is 5.91 Å². The number of rotatable bonds is 7. The van der Waals surface area contributed by atoms with E-state index in [1.54, 1.807) is 29.9 Å². The smallest absolute Gasteiger partial charge is 0.255 e. The normalized spacial score (nSPS) is 19.2. The monoisotopic (exact) mass is 502 g/mol. The molecule has 0 unspecified atom stereocenters. The third-order valence-electron chi connectivity index (χ3n) is 6.30. The van der Waals surface area contributed by atoms with Crippen LogP contribution in [0.4, 0.5) is 5.82 Å². The fourth-order valence-corrected chi connectivity index (χ4v) is 5.24. The fourth-order valence-electron chi connectivity index (χ4n) is 4.67. The molecule has 3 aromatic rings. The lowest BCUT2D eigenvalue weighted by atomic mass is 10.1. The number of nitrogens with one attached hydrogen (secondary N) is 1. The van der Waals surface area contributed by atoms with E-state index in [0.717, 1.165) is 23.0 Å². The first kappa shape index (κ1) is 25.2. The Morgan fingerprint density at radius 3 is 2.83 bits per heavy atom. The zero-order chi connectivity index (χ0) is 26.0. The number of fused-ring (bicyclic) bond motifs is 1. The number of hydrogen-bond acceptors (Lipinski definition) is 6. The largest absolute Gasteiger partial charge is 0.383 e. The van der Waals surface area contributed by atoms with Gasteiger partial charge in [0.2, 0.25) is 5.91 Å². The molecule has 0 saturated carbocycles. The van der Waals surface area contributed by atoms with E-state index in [2.05, 4.69) is 44.2 Å². The number of methoxy groups -OCH3 is 1. The SMILES string of the molecule is C=CC(=O)N1C[C@@]([Si])(n2nc(C#Cc3ccc4c(cnn4CC)c3)c(C(N)=O)c2NC)C[C@@H]1COC. The first-order valence-corrected chi connectivity index (χ1v) is 12.0. The van der Waals surface area contributed by atoms with Gasteiger partial charge in [-0.05, 0) is 43.5 Å². The predicted octanol–water partition coefficient (Wildman–Crippen LogP) is 1.05. The van der Waals surface area contributed by atoms with Gasteiger partial charge < -0.3 is 20.7 Å². The highest BCUT2D eigenvalue weighted by Crippen LogP contribution is 2.35. The minimum Gasteiger partial charge on any atom is -0.383 e. The molecule has 4 rings (SSSR count). The molecule has 2 amide bonds. The van der Waals surface area contributed by atoms with Crippen molar-refractivity contribution in [2.24, 2.45) is 5.73 Å². The molecule has 0 aliphatic carbocycles. The molecule has 11 heteroatoms. The van der Waals surface area contributed by atoms with Crippen LogP contribution in [-0.2, 0) is 21.2 Å². The number of aromatic nitrogens is 4. The Labute approximate surface area is 212 Å². The summed E-state index contributed by atoms with van der Waals surface area (Å²) in [6.07, 6.45) is 3.56. The maximum absolute atomic E-state index is 12.5. The second-order valence-corrected chi connectivity index (χ2v) is 9.53. The summed E-state index contributed by atoms with van der Waals surface area (Å²) in [4.78, 5) is 26.7. The van der Waals surface area contributed by atoms with Crippen molar-refractivity contribution in [3.8, 4) is 11.8 Å². The number of amides is 2.